The van der Waals surface area contributed by atoms with Crippen LogP contribution in [0.4, 0.5) is 4.39 Å². The Bertz CT molecular complexity index is 601. The van der Waals surface area contributed by atoms with Gasteiger partial charge in [-0.3, -0.25) is 9.18 Å². The van der Waals surface area contributed by atoms with Gasteiger partial charge in [-0.1, -0.05) is 75.7 Å². The number of hydrogen-bond donors (Lipinski definition) is 1. The maximum absolute atomic E-state index is 13.0. The molecule has 0 heterocycles. The zero-order chi connectivity index (χ0) is 22.2. The zero-order valence-electron chi connectivity index (χ0n) is 19.2. The molecule has 1 N–H and O–H groups in total. The average molecular weight is 453 g/mol. The van der Waals surface area contributed by atoms with Gasteiger partial charge in [0.15, 0.2) is 0 Å². The van der Waals surface area contributed by atoms with Crippen molar-refractivity contribution in [1.29, 1.82) is 0 Å². The first-order valence-electron chi connectivity index (χ1n) is 12.8. The molecule has 4 heteroatoms. The normalized spacial score (nSPS) is 32.8. The topological polar surface area (TPSA) is 37.3 Å². The molecule has 0 spiro atoms. The van der Waals surface area contributed by atoms with E-state index in [4.69, 9.17) is 11.6 Å². The summed E-state index contributed by atoms with van der Waals surface area (Å²) in [6.07, 6.45) is 26.0. The Kier molecular flexibility index (Phi) is 9.49. The van der Waals surface area contributed by atoms with E-state index in [-0.39, 0.29) is 17.5 Å². The smallest absolute Gasteiger partial charge is 0.314 e. The van der Waals surface area contributed by atoms with Gasteiger partial charge in [-0.15, -0.1) is 11.6 Å². The lowest BCUT2D eigenvalue weighted by atomic mass is 9.47. The van der Waals surface area contributed by atoms with E-state index in [0.29, 0.717) is 12.3 Å². The molecule has 0 unspecified atom stereocenters. The minimum Gasteiger partial charge on any atom is -0.481 e. The van der Waals surface area contributed by atoms with Gasteiger partial charge in [-0.25, -0.2) is 0 Å². The third kappa shape index (κ3) is 5.75. The van der Waals surface area contributed by atoms with Crippen LogP contribution >= 0.6 is 11.6 Å². The summed E-state index contributed by atoms with van der Waals surface area (Å²) in [6.45, 7) is -0.233. The van der Waals surface area contributed by atoms with E-state index >= 15 is 0 Å². The van der Waals surface area contributed by atoms with Crippen molar-refractivity contribution in [3.05, 3.63) is 24.3 Å². The van der Waals surface area contributed by atoms with Crippen molar-refractivity contribution in [3.63, 3.8) is 0 Å². The summed E-state index contributed by atoms with van der Waals surface area (Å²) in [5.74, 6) is 0.877. The van der Waals surface area contributed by atoms with Crippen molar-refractivity contribution in [1.82, 2.24) is 0 Å². The van der Waals surface area contributed by atoms with Crippen LogP contribution in [-0.2, 0) is 4.79 Å². The van der Waals surface area contributed by atoms with Crippen LogP contribution in [0.15, 0.2) is 24.3 Å². The lowest BCUT2D eigenvalue weighted by Crippen LogP contribution is -2.48. The highest BCUT2D eigenvalue weighted by Crippen LogP contribution is 2.62. The Labute approximate surface area is 193 Å². The highest BCUT2D eigenvalue weighted by Gasteiger charge is 2.53. The molecule has 0 saturated heterocycles. The zero-order valence-corrected chi connectivity index (χ0v) is 19.9. The Morgan fingerprint density at radius 1 is 0.968 bits per heavy atom. The average Bonchev–Trinajstić information content (AvgIpc) is 2.80. The van der Waals surface area contributed by atoms with Crippen molar-refractivity contribution in [2.24, 2.45) is 28.6 Å². The van der Waals surface area contributed by atoms with Crippen LogP contribution in [0.1, 0.15) is 96.3 Å². The van der Waals surface area contributed by atoms with E-state index < -0.39 is 11.9 Å². The van der Waals surface area contributed by atoms with Crippen LogP contribution in [-0.4, -0.2) is 23.6 Å². The summed E-state index contributed by atoms with van der Waals surface area (Å²) in [5, 5.41) is 9.55. The largest absolute Gasteiger partial charge is 0.481 e. The molecule has 2 saturated carbocycles. The molecule has 0 bridgehead atoms. The first-order chi connectivity index (χ1) is 15.1. The molecule has 3 aliphatic carbocycles. The molecule has 0 aromatic rings. The van der Waals surface area contributed by atoms with Gasteiger partial charge in [0.05, 0.1) is 12.6 Å². The molecule has 0 aromatic carbocycles. The number of carboxylic acids is 1. The van der Waals surface area contributed by atoms with E-state index in [2.05, 4.69) is 12.2 Å². The molecule has 0 amide bonds. The third-order valence-electron chi connectivity index (χ3n) is 8.73. The van der Waals surface area contributed by atoms with Crippen LogP contribution in [0.5, 0.6) is 0 Å². The van der Waals surface area contributed by atoms with Gasteiger partial charge in [-0.2, -0.15) is 0 Å². The lowest BCUT2D eigenvalue weighted by molar-refractivity contribution is -0.138. The number of aliphatic carboxylic acids is 1. The molecule has 0 atom stereocenters. The van der Waals surface area contributed by atoms with Crippen LogP contribution in [0, 0.1) is 28.6 Å². The number of rotatable bonds is 11. The monoisotopic (exact) mass is 452 g/mol. The molecule has 0 aliphatic heterocycles. The van der Waals surface area contributed by atoms with Gasteiger partial charge < -0.3 is 5.11 Å². The quantitative estimate of drug-likeness (QED) is 0.195. The van der Waals surface area contributed by atoms with Crippen molar-refractivity contribution >= 4 is 17.6 Å². The van der Waals surface area contributed by atoms with E-state index in [1.807, 2.05) is 12.2 Å². The second-order valence-corrected chi connectivity index (χ2v) is 10.8. The van der Waals surface area contributed by atoms with E-state index in [1.165, 1.54) is 70.6 Å². The molecule has 0 aromatic heterocycles. The van der Waals surface area contributed by atoms with Crippen LogP contribution < -0.4 is 0 Å². The summed E-state index contributed by atoms with van der Waals surface area (Å²) in [7, 11) is 0. The summed E-state index contributed by atoms with van der Waals surface area (Å²) in [6, 6.07) is 0. The van der Waals surface area contributed by atoms with Gasteiger partial charge >= 0.3 is 5.97 Å². The molecule has 2 nitrogen and oxygen atoms in total. The SMILES string of the molecule is O=C(O)C1C=CC(C2CCC(CCCCCl)CC2)(C2(CCCCF)CCCCC2)C=C1. The fourth-order valence-corrected chi connectivity index (χ4v) is 7.20. The number of alkyl halides is 2. The van der Waals surface area contributed by atoms with Crippen molar-refractivity contribution < 1.29 is 14.3 Å². The molecule has 176 valence electrons. The summed E-state index contributed by atoms with van der Waals surface area (Å²) in [5.41, 5.74) is 0.101. The lowest BCUT2D eigenvalue weighted by Gasteiger charge is -2.56. The standard InChI is InChI=1S/C27H42ClFO2/c28-20-6-2-8-22-9-11-24(12-10-22)27(18-13-23(14-19-27)25(30)31)26(17-5-7-21-29)15-3-1-4-16-26/h13-14,18-19,22-24H,1-12,15-17,20-21H2,(H,30,31). The van der Waals surface area contributed by atoms with E-state index in [9.17, 15) is 14.3 Å². The molecular weight excluding hydrogens is 411 g/mol. The number of carboxylic acid groups (broad SMARTS) is 1. The van der Waals surface area contributed by atoms with Gasteiger partial charge in [0.25, 0.3) is 0 Å². The fraction of sp³-hybridized carbons (Fsp3) is 0.815. The number of carbonyl (C=O) groups is 1. The van der Waals surface area contributed by atoms with Crippen LogP contribution in [0.2, 0.25) is 0 Å². The Hall–Kier alpha value is -0.830. The summed E-state index contributed by atoms with van der Waals surface area (Å²) >= 11 is 5.87. The Morgan fingerprint density at radius 2 is 1.65 bits per heavy atom. The highest BCUT2D eigenvalue weighted by atomic mass is 35.5. The van der Waals surface area contributed by atoms with Gasteiger partial charge in [-0.05, 0) is 62.2 Å². The maximum atomic E-state index is 13.0. The highest BCUT2D eigenvalue weighted by molar-refractivity contribution is 6.17. The number of unbranched alkanes of at least 4 members (excludes halogenated alkanes) is 2. The first-order valence-corrected chi connectivity index (χ1v) is 13.3. The van der Waals surface area contributed by atoms with Crippen molar-refractivity contribution in [2.75, 3.05) is 12.6 Å². The molecule has 0 radical (unpaired) electrons. The number of allylic oxidation sites excluding steroid dienone is 2. The first kappa shape index (κ1) is 24.8. The second kappa shape index (κ2) is 11.9. The molecule has 3 rings (SSSR count). The predicted molar refractivity (Wildman–Crippen MR) is 127 cm³/mol. The van der Waals surface area contributed by atoms with Crippen LogP contribution in [0.3, 0.4) is 0 Å². The fourth-order valence-electron chi connectivity index (χ4n) is 7.01. The minimum absolute atomic E-state index is 0.0587. The van der Waals surface area contributed by atoms with Gasteiger partial charge in [0.1, 0.15) is 0 Å². The van der Waals surface area contributed by atoms with Gasteiger partial charge in [0, 0.05) is 11.3 Å². The van der Waals surface area contributed by atoms with Crippen molar-refractivity contribution in [2.45, 2.75) is 96.3 Å². The minimum atomic E-state index is -0.765. The molecule has 3 aliphatic rings. The van der Waals surface area contributed by atoms with Crippen molar-refractivity contribution in [3.8, 4) is 0 Å². The Balaban J connectivity index is 1.83. The Morgan fingerprint density at radius 3 is 2.23 bits per heavy atom. The second-order valence-electron chi connectivity index (χ2n) is 10.4. The molecule has 31 heavy (non-hydrogen) atoms. The number of halogens is 2. The van der Waals surface area contributed by atoms with Gasteiger partial charge in [0.2, 0.25) is 0 Å². The molecule has 2 fully saturated rings. The maximum Gasteiger partial charge on any atom is 0.314 e. The summed E-state index contributed by atoms with van der Waals surface area (Å²) < 4.78 is 13.0. The van der Waals surface area contributed by atoms with Crippen LogP contribution in [0.25, 0.3) is 0 Å². The van der Waals surface area contributed by atoms with E-state index in [0.717, 1.165) is 31.1 Å². The summed E-state index contributed by atoms with van der Waals surface area (Å²) in [4.78, 5) is 11.6. The number of hydrogen-bond acceptors (Lipinski definition) is 1. The molecular formula is C27H42ClFO2. The van der Waals surface area contributed by atoms with E-state index in [1.54, 1.807) is 0 Å². The third-order valence-corrected chi connectivity index (χ3v) is 9.00. The predicted octanol–water partition coefficient (Wildman–Crippen LogP) is 8.11.